The van der Waals surface area contributed by atoms with Crippen LogP contribution in [0.1, 0.15) is 25.6 Å². The molecule has 172 valence electrons. The Kier molecular flexibility index (Phi) is 5.39. The third kappa shape index (κ3) is 4.10. The highest BCUT2D eigenvalue weighted by atomic mass is 19.3. The summed E-state index contributed by atoms with van der Waals surface area (Å²) in [5.74, 6) is 1.12. The molecule has 9 nitrogen and oxygen atoms in total. The van der Waals surface area contributed by atoms with E-state index in [9.17, 15) is 13.6 Å². The zero-order valence-electron chi connectivity index (χ0n) is 18.4. The Morgan fingerprint density at radius 1 is 1.21 bits per heavy atom. The molecule has 4 aromatic rings. The van der Waals surface area contributed by atoms with Crippen LogP contribution in [0.2, 0.25) is 0 Å². The molecule has 5 rings (SSSR count). The van der Waals surface area contributed by atoms with Gasteiger partial charge in [-0.3, -0.25) is 4.79 Å². The molecular formula is C22H24F2N8O. The molecule has 0 bridgehead atoms. The van der Waals surface area contributed by atoms with Crippen molar-refractivity contribution in [3.05, 3.63) is 36.4 Å². The number of anilines is 1. The van der Waals surface area contributed by atoms with E-state index in [0.717, 1.165) is 37.0 Å². The second-order valence-corrected chi connectivity index (χ2v) is 8.27. The fourth-order valence-electron chi connectivity index (χ4n) is 4.33. The number of hydrogen-bond donors (Lipinski definition) is 1. The largest absolute Gasteiger partial charge is 0.350 e. The summed E-state index contributed by atoms with van der Waals surface area (Å²) in [4.78, 5) is 26.8. The third-order valence-electron chi connectivity index (χ3n) is 6.07. The molecule has 1 aliphatic rings. The monoisotopic (exact) mass is 454 g/mol. The minimum Gasteiger partial charge on any atom is -0.350 e. The van der Waals surface area contributed by atoms with Crippen LogP contribution >= 0.6 is 0 Å². The first-order chi connectivity index (χ1) is 15.9. The number of fused-ring (bicyclic) bond motifs is 2. The maximum Gasteiger partial charge on any atom is 0.256 e. The zero-order valence-corrected chi connectivity index (χ0v) is 18.4. The van der Waals surface area contributed by atoms with Gasteiger partial charge in [0.15, 0.2) is 5.65 Å². The van der Waals surface area contributed by atoms with E-state index < -0.39 is 13.0 Å². The summed E-state index contributed by atoms with van der Waals surface area (Å²) in [5.41, 5.74) is 3.22. The average molecular weight is 454 g/mol. The van der Waals surface area contributed by atoms with Crippen LogP contribution in [0, 0.1) is 6.92 Å². The number of aromatic nitrogens is 6. The fraction of sp³-hybridized carbons (Fsp3) is 0.409. The minimum absolute atomic E-state index is 0.102. The van der Waals surface area contributed by atoms with Crippen molar-refractivity contribution in [1.82, 2.24) is 34.0 Å². The van der Waals surface area contributed by atoms with Crippen molar-refractivity contribution in [2.24, 2.45) is 0 Å². The molecule has 0 aromatic carbocycles. The SMILES string of the molecule is CC(=O)N1CCC(Nc2ncc3c(-c4ccc5nc(C)n(CC(F)F)c5n4)ccn3n2)CC1. The van der Waals surface area contributed by atoms with Crippen LogP contribution in [0.5, 0.6) is 0 Å². The van der Waals surface area contributed by atoms with Gasteiger partial charge in [0.1, 0.15) is 11.3 Å². The maximum atomic E-state index is 13.0. The molecule has 11 heteroatoms. The number of halogens is 2. The van der Waals surface area contributed by atoms with Crippen LogP contribution in [0.3, 0.4) is 0 Å². The van der Waals surface area contributed by atoms with Gasteiger partial charge in [-0.1, -0.05) is 0 Å². The lowest BCUT2D eigenvalue weighted by molar-refractivity contribution is -0.129. The zero-order chi connectivity index (χ0) is 23.1. The van der Waals surface area contributed by atoms with Gasteiger partial charge in [-0.05, 0) is 38.0 Å². The first-order valence-electron chi connectivity index (χ1n) is 10.9. The number of pyridine rings is 1. The van der Waals surface area contributed by atoms with Gasteiger partial charge in [-0.15, -0.1) is 5.10 Å². The van der Waals surface area contributed by atoms with Gasteiger partial charge < -0.3 is 14.8 Å². The van der Waals surface area contributed by atoms with Crippen LogP contribution in [-0.2, 0) is 11.3 Å². The van der Waals surface area contributed by atoms with Crippen LogP contribution in [-0.4, -0.2) is 65.5 Å². The number of nitrogens with zero attached hydrogens (tertiary/aromatic N) is 7. The Morgan fingerprint density at radius 3 is 2.73 bits per heavy atom. The number of alkyl halides is 2. The molecule has 1 aliphatic heterocycles. The quantitative estimate of drug-likeness (QED) is 0.498. The number of hydrogen-bond acceptors (Lipinski definition) is 6. The van der Waals surface area contributed by atoms with Crippen molar-refractivity contribution in [2.45, 2.75) is 45.7 Å². The van der Waals surface area contributed by atoms with E-state index in [1.54, 1.807) is 30.6 Å². The smallest absolute Gasteiger partial charge is 0.256 e. The number of aryl methyl sites for hydroxylation is 1. The van der Waals surface area contributed by atoms with E-state index in [1.165, 1.54) is 4.57 Å². The number of carbonyl (C=O) groups excluding carboxylic acids is 1. The Labute approximate surface area is 188 Å². The van der Waals surface area contributed by atoms with Crippen molar-refractivity contribution in [2.75, 3.05) is 18.4 Å². The standard InChI is InChI=1S/C22H24F2N8O/c1-13-26-18-4-3-17(28-21(18)31(13)12-20(23)24)16-7-10-32-19(16)11-25-22(29-32)27-15-5-8-30(9-6-15)14(2)33/h3-4,7,10-11,15,20H,5-6,8-9,12H2,1-2H3,(H,27,29). The van der Waals surface area contributed by atoms with E-state index in [-0.39, 0.29) is 11.9 Å². The average Bonchev–Trinajstić information content (AvgIpc) is 3.34. The number of rotatable bonds is 5. The highest BCUT2D eigenvalue weighted by Gasteiger charge is 2.21. The topological polar surface area (TPSA) is 93.2 Å². The van der Waals surface area contributed by atoms with Crippen molar-refractivity contribution < 1.29 is 13.6 Å². The minimum atomic E-state index is -2.49. The normalized spacial score (nSPS) is 15.1. The van der Waals surface area contributed by atoms with Gasteiger partial charge in [0.25, 0.3) is 6.43 Å². The van der Waals surface area contributed by atoms with Gasteiger partial charge in [0.2, 0.25) is 11.9 Å². The number of nitrogens with one attached hydrogen (secondary N) is 1. The molecule has 4 aromatic heterocycles. The Morgan fingerprint density at radius 2 is 2.00 bits per heavy atom. The molecule has 0 saturated carbocycles. The van der Waals surface area contributed by atoms with E-state index in [1.807, 2.05) is 23.2 Å². The summed E-state index contributed by atoms with van der Waals surface area (Å²) in [7, 11) is 0. The summed E-state index contributed by atoms with van der Waals surface area (Å²) in [6.45, 7) is 4.29. The number of likely N-dealkylation sites (tertiary alicyclic amines) is 1. The number of imidazole rings is 1. The number of amides is 1. The van der Waals surface area contributed by atoms with Gasteiger partial charge in [0, 0.05) is 37.8 Å². The molecule has 0 unspecified atom stereocenters. The Balaban J connectivity index is 1.40. The molecule has 1 N–H and O–H groups in total. The molecule has 5 heterocycles. The van der Waals surface area contributed by atoms with Gasteiger partial charge in [0.05, 0.1) is 24.0 Å². The van der Waals surface area contributed by atoms with E-state index in [4.69, 9.17) is 0 Å². The van der Waals surface area contributed by atoms with Gasteiger partial charge in [-0.25, -0.2) is 28.2 Å². The number of piperidine rings is 1. The van der Waals surface area contributed by atoms with Crippen molar-refractivity contribution in [1.29, 1.82) is 0 Å². The predicted octanol–water partition coefficient (Wildman–Crippen LogP) is 3.14. The summed E-state index contributed by atoms with van der Waals surface area (Å²) in [6.07, 6.45) is 2.74. The van der Waals surface area contributed by atoms with Crippen LogP contribution in [0.15, 0.2) is 30.6 Å². The van der Waals surface area contributed by atoms with Crippen LogP contribution in [0.4, 0.5) is 14.7 Å². The molecular weight excluding hydrogens is 430 g/mol. The van der Waals surface area contributed by atoms with Gasteiger partial charge in [-0.2, -0.15) is 0 Å². The summed E-state index contributed by atoms with van der Waals surface area (Å²) < 4.78 is 29.2. The molecule has 1 amide bonds. The third-order valence-corrected chi connectivity index (χ3v) is 6.07. The highest BCUT2D eigenvalue weighted by Crippen LogP contribution is 2.27. The van der Waals surface area contributed by atoms with Crippen molar-refractivity contribution in [3.8, 4) is 11.3 Å². The van der Waals surface area contributed by atoms with E-state index in [2.05, 4.69) is 25.4 Å². The molecule has 1 fully saturated rings. The lowest BCUT2D eigenvalue weighted by Crippen LogP contribution is -2.41. The lowest BCUT2D eigenvalue weighted by Gasteiger charge is -2.31. The van der Waals surface area contributed by atoms with E-state index >= 15 is 0 Å². The molecule has 1 saturated heterocycles. The lowest BCUT2D eigenvalue weighted by atomic mass is 10.1. The van der Waals surface area contributed by atoms with E-state index in [0.29, 0.717) is 28.6 Å². The van der Waals surface area contributed by atoms with Crippen molar-refractivity contribution >= 4 is 28.5 Å². The van der Waals surface area contributed by atoms with Gasteiger partial charge >= 0.3 is 0 Å². The summed E-state index contributed by atoms with van der Waals surface area (Å²) in [6, 6.07) is 5.70. The molecule has 0 aliphatic carbocycles. The second-order valence-electron chi connectivity index (χ2n) is 8.27. The van der Waals surface area contributed by atoms with Crippen LogP contribution < -0.4 is 5.32 Å². The molecule has 0 atom stereocenters. The molecule has 0 spiro atoms. The molecule has 33 heavy (non-hydrogen) atoms. The fourth-order valence-corrected chi connectivity index (χ4v) is 4.33. The Bertz CT molecular complexity index is 1320. The summed E-state index contributed by atoms with van der Waals surface area (Å²) in [5, 5.41) is 7.92. The second kappa shape index (κ2) is 8.38. The first-order valence-corrected chi connectivity index (χ1v) is 10.9. The highest BCUT2D eigenvalue weighted by molar-refractivity contribution is 5.82. The summed E-state index contributed by atoms with van der Waals surface area (Å²) >= 11 is 0. The van der Waals surface area contributed by atoms with Crippen molar-refractivity contribution in [3.63, 3.8) is 0 Å². The Hall–Kier alpha value is -3.63. The first kappa shape index (κ1) is 21.2. The maximum absolute atomic E-state index is 13.0. The predicted molar refractivity (Wildman–Crippen MR) is 119 cm³/mol. The number of carbonyl (C=O) groups is 1. The molecule has 0 radical (unpaired) electrons. The van der Waals surface area contributed by atoms with Crippen LogP contribution in [0.25, 0.3) is 27.9 Å².